The predicted molar refractivity (Wildman–Crippen MR) is 44.8 cm³/mol. The summed E-state index contributed by atoms with van der Waals surface area (Å²) in [6, 6.07) is 4.21. The summed E-state index contributed by atoms with van der Waals surface area (Å²) in [4.78, 5) is 2.41. The number of nitrogens with two attached hydrogens (primary N) is 2. The molecule has 0 saturated heterocycles. The third kappa shape index (κ3) is 1.56. The smallest absolute Gasteiger partial charge is 0.0361 e. The van der Waals surface area contributed by atoms with E-state index in [0.29, 0.717) is 6.54 Å². The molecule has 0 radical (unpaired) electrons. The van der Waals surface area contributed by atoms with Gasteiger partial charge in [0.2, 0.25) is 0 Å². The first-order chi connectivity index (χ1) is 4.74. The van der Waals surface area contributed by atoms with Gasteiger partial charge in [0.1, 0.15) is 0 Å². The normalized spacial score (nSPS) is 13.5. The van der Waals surface area contributed by atoms with E-state index in [1.807, 2.05) is 19.1 Å². The van der Waals surface area contributed by atoms with Gasteiger partial charge >= 0.3 is 0 Å². The van der Waals surface area contributed by atoms with Gasteiger partial charge in [-0.2, -0.15) is 0 Å². The van der Waals surface area contributed by atoms with Crippen LogP contribution in [0.2, 0.25) is 0 Å². The summed E-state index contributed by atoms with van der Waals surface area (Å²) in [6.45, 7) is 2.60. The molecule has 1 unspecified atom stereocenters. The summed E-state index contributed by atoms with van der Waals surface area (Å²) in [5.41, 5.74) is 11.1. The molecule has 0 amide bonds. The fourth-order valence-corrected chi connectivity index (χ4v) is 1.59. The van der Waals surface area contributed by atoms with E-state index >= 15 is 0 Å². The summed E-state index contributed by atoms with van der Waals surface area (Å²) < 4.78 is 0. The Labute approximate surface area is 64.8 Å². The van der Waals surface area contributed by atoms with E-state index in [1.54, 1.807) is 11.3 Å². The molecule has 2 nitrogen and oxygen atoms in total. The first-order valence-electron chi connectivity index (χ1n) is 3.28. The fraction of sp³-hybridized carbons (Fsp3) is 0.429. The molecule has 1 rings (SSSR count). The first kappa shape index (κ1) is 7.72. The molecule has 0 saturated carbocycles. The van der Waals surface area contributed by atoms with Crippen LogP contribution in [0.3, 0.4) is 0 Å². The topological polar surface area (TPSA) is 52.0 Å². The van der Waals surface area contributed by atoms with E-state index in [4.69, 9.17) is 11.5 Å². The maximum atomic E-state index is 5.65. The van der Waals surface area contributed by atoms with Gasteiger partial charge in [-0.05, 0) is 19.1 Å². The fourth-order valence-electron chi connectivity index (χ4n) is 0.749. The van der Waals surface area contributed by atoms with Gasteiger partial charge < -0.3 is 11.5 Å². The molecule has 0 spiro atoms. The summed E-state index contributed by atoms with van der Waals surface area (Å²) in [5.74, 6) is 0. The highest BCUT2D eigenvalue weighted by Gasteiger charge is 2.01. The van der Waals surface area contributed by atoms with E-state index in [-0.39, 0.29) is 6.04 Å². The quantitative estimate of drug-likeness (QED) is 0.676. The highest BCUT2D eigenvalue weighted by atomic mass is 32.1. The molecule has 0 fully saturated rings. The van der Waals surface area contributed by atoms with Gasteiger partial charge in [0.25, 0.3) is 0 Å². The maximum absolute atomic E-state index is 5.65. The second kappa shape index (κ2) is 3.14. The summed E-state index contributed by atoms with van der Waals surface area (Å²) >= 11 is 1.69. The Kier molecular flexibility index (Phi) is 2.43. The van der Waals surface area contributed by atoms with Crippen molar-refractivity contribution >= 4 is 11.3 Å². The van der Waals surface area contributed by atoms with Gasteiger partial charge in [-0.3, -0.25) is 0 Å². The van der Waals surface area contributed by atoms with E-state index in [1.165, 1.54) is 9.75 Å². The van der Waals surface area contributed by atoms with Gasteiger partial charge in [-0.25, -0.2) is 0 Å². The maximum Gasteiger partial charge on any atom is 0.0361 e. The van der Waals surface area contributed by atoms with Crippen LogP contribution in [0.15, 0.2) is 12.1 Å². The van der Waals surface area contributed by atoms with Crippen LogP contribution < -0.4 is 11.5 Å². The van der Waals surface area contributed by atoms with Gasteiger partial charge in [0.05, 0.1) is 0 Å². The van der Waals surface area contributed by atoms with Gasteiger partial charge in [-0.1, -0.05) is 0 Å². The van der Waals surface area contributed by atoms with Crippen LogP contribution >= 0.6 is 11.3 Å². The molecule has 0 aliphatic heterocycles. The lowest BCUT2D eigenvalue weighted by atomic mass is 10.3. The third-order valence-electron chi connectivity index (χ3n) is 1.33. The Hall–Kier alpha value is -0.380. The van der Waals surface area contributed by atoms with Crippen LogP contribution in [0.4, 0.5) is 0 Å². The van der Waals surface area contributed by atoms with Crippen molar-refractivity contribution in [2.24, 2.45) is 11.5 Å². The molecule has 1 heterocycles. The zero-order valence-corrected chi connectivity index (χ0v) is 6.82. The molecule has 0 aliphatic rings. The average Bonchev–Trinajstić information content (AvgIpc) is 2.34. The average molecular weight is 156 g/mol. The highest BCUT2D eigenvalue weighted by molar-refractivity contribution is 7.12. The van der Waals surface area contributed by atoms with Crippen molar-refractivity contribution in [3.63, 3.8) is 0 Å². The Morgan fingerprint density at radius 1 is 1.60 bits per heavy atom. The lowest BCUT2D eigenvalue weighted by Crippen LogP contribution is -2.01. The monoisotopic (exact) mass is 156 g/mol. The summed E-state index contributed by atoms with van der Waals surface area (Å²) in [6.07, 6.45) is 0. The molecule has 0 aliphatic carbocycles. The molecule has 1 aromatic rings. The first-order valence-corrected chi connectivity index (χ1v) is 4.10. The molecular weight excluding hydrogens is 144 g/mol. The molecule has 4 N–H and O–H groups in total. The second-order valence-electron chi connectivity index (χ2n) is 2.30. The number of rotatable bonds is 2. The lowest BCUT2D eigenvalue weighted by Gasteiger charge is -1.97. The predicted octanol–water partition coefficient (Wildman–Crippen LogP) is 1.23. The van der Waals surface area contributed by atoms with Crippen molar-refractivity contribution in [1.29, 1.82) is 0 Å². The van der Waals surface area contributed by atoms with E-state index in [9.17, 15) is 0 Å². The second-order valence-corrected chi connectivity index (χ2v) is 3.50. The number of hydrogen-bond donors (Lipinski definition) is 2. The van der Waals surface area contributed by atoms with Gasteiger partial charge in [-0.15, -0.1) is 11.3 Å². The molecule has 1 atom stereocenters. The van der Waals surface area contributed by atoms with Crippen LogP contribution in [-0.4, -0.2) is 0 Å². The largest absolute Gasteiger partial charge is 0.326 e. The van der Waals surface area contributed by atoms with Crippen molar-refractivity contribution in [3.05, 3.63) is 21.9 Å². The summed E-state index contributed by atoms with van der Waals surface area (Å²) in [7, 11) is 0. The van der Waals surface area contributed by atoms with Gasteiger partial charge in [0, 0.05) is 22.3 Å². The SMILES string of the molecule is CC(N)c1ccc(CN)s1. The van der Waals surface area contributed by atoms with Gasteiger partial charge in [0.15, 0.2) is 0 Å². The molecule has 10 heavy (non-hydrogen) atoms. The van der Waals surface area contributed by atoms with Crippen LogP contribution in [0.25, 0.3) is 0 Å². The number of thiophene rings is 1. The minimum absolute atomic E-state index is 0.144. The van der Waals surface area contributed by atoms with Crippen molar-refractivity contribution in [1.82, 2.24) is 0 Å². The minimum Gasteiger partial charge on any atom is -0.326 e. The Bertz CT molecular complexity index is 205. The van der Waals surface area contributed by atoms with Crippen molar-refractivity contribution in [2.75, 3.05) is 0 Å². The highest BCUT2D eigenvalue weighted by Crippen LogP contribution is 2.20. The van der Waals surface area contributed by atoms with Crippen molar-refractivity contribution in [3.8, 4) is 0 Å². The van der Waals surface area contributed by atoms with E-state index in [2.05, 4.69) is 0 Å². The molecular formula is C7H12N2S. The molecule has 1 aromatic heterocycles. The van der Waals surface area contributed by atoms with Crippen LogP contribution in [0.5, 0.6) is 0 Å². The zero-order valence-electron chi connectivity index (χ0n) is 6.00. The molecule has 3 heteroatoms. The Morgan fingerprint density at radius 2 is 2.30 bits per heavy atom. The van der Waals surface area contributed by atoms with Crippen LogP contribution in [0, 0.1) is 0 Å². The Morgan fingerprint density at radius 3 is 2.60 bits per heavy atom. The Balaban J connectivity index is 2.78. The molecule has 0 bridgehead atoms. The van der Waals surface area contributed by atoms with Crippen LogP contribution in [-0.2, 0) is 6.54 Å². The number of hydrogen-bond acceptors (Lipinski definition) is 3. The molecule has 56 valence electrons. The summed E-state index contributed by atoms with van der Waals surface area (Å²) in [5, 5.41) is 0. The lowest BCUT2D eigenvalue weighted by molar-refractivity contribution is 0.838. The minimum atomic E-state index is 0.144. The van der Waals surface area contributed by atoms with Crippen molar-refractivity contribution < 1.29 is 0 Å². The standard InChI is InChI=1S/C7H12N2S/c1-5(9)7-3-2-6(4-8)10-7/h2-3,5H,4,8-9H2,1H3. The zero-order chi connectivity index (χ0) is 7.56. The van der Waals surface area contributed by atoms with E-state index in [0.717, 1.165) is 0 Å². The third-order valence-corrected chi connectivity index (χ3v) is 2.64. The van der Waals surface area contributed by atoms with Crippen LogP contribution in [0.1, 0.15) is 22.7 Å². The van der Waals surface area contributed by atoms with E-state index < -0.39 is 0 Å². The molecule has 0 aromatic carbocycles. The van der Waals surface area contributed by atoms with Crippen molar-refractivity contribution in [2.45, 2.75) is 19.5 Å².